The minimum Gasteiger partial charge on any atom is -1.00 e. The number of hydrogen-bond donors (Lipinski definition) is 0. The first-order valence-electron chi connectivity index (χ1n) is 7.76. The van der Waals surface area contributed by atoms with Gasteiger partial charge in [0.2, 0.25) is 5.52 Å². The van der Waals surface area contributed by atoms with Gasteiger partial charge in [-0.25, -0.2) is 0 Å². The van der Waals surface area contributed by atoms with Crippen molar-refractivity contribution in [1.82, 2.24) is 0 Å². The zero-order valence-corrected chi connectivity index (χ0v) is 14.4. The van der Waals surface area contributed by atoms with Crippen LogP contribution in [0, 0.1) is 0 Å². The van der Waals surface area contributed by atoms with Crippen LogP contribution >= 0.6 is 0 Å². The highest BCUT2D eigenvalue weighted by molar-refractivity contribution is 6.04. The number of hydrogen-bond acceptors (Lipinski definition) is 0. The van der Waals surface area contributed by atoms with Crippen molar-refractivity contribution in [2.45, 2.75) is 13.0 Å². The van der Waals surface area contributed by atoms with Crippen LogP contribution in [0.2, 0.25) is 0 Å². The molecule has 23 heavy (non-hydrogen) atoms. The van der Waals surface area contributed by atoms with Gasteiger partial charge in [-0.3, -0.25) is 0 Å². The molecule has 0 unspecified atom stereocenters. The third-order valence-corrected chi connectivity index (χ3v) is 4.27. The van der Waals surface area contributed by atoms with Gasteiger partial charge in [-0.15, -0.1) is 0 Å². The van der Waals surface area contributed by atoms with Crippen molar-refractivity contribution in [1.29, 1.82) is 0 Å². The second-order valence-electron chi connectivity index (χ2n) is 5.66. The molecule has 0 aliphatic rings. The molecule has 0 aliphatic carbocycles. The Labute approximate surface area is 147 Å². The fourth-order valence-corrected chi connectivity index (χ4v) is 3.12. The van der Waals surface area contributed by atoms with E-state index in [2.05, 4.69) is 89.6 Å². The Balaban J connectivity index is 0.00000156. The van der Waals surface area contributed by atoms with Gasteiger partial charge in [0, 0.05) is 18.6 Å². The quantitative estimate of drug-likeness (QED) is 0.384. The number of pyridine rings is 1. The van der Waals surface area contributed by atoms with Gasteiger partial charge < -0.3 is 17.0 Å². The predicted molar refractivity (Wildman–Crippen MR) is 91.8 cm³/mol. The Morgan fingerprint density at radius 2 is 1.39 bits per heavy atom. The standard InChI is InChI=1S/C21H18N.BrH/c1-2-7-17(8-3-1)14-16-22-15-6-11-20-19-10-5-4-9-18(19)12-13-21(20)22;/h1-13,15H,14,16H2;1H/q+1;/p-1. The lowest BCUT2D eigenvalue weighted by Gasteiger charge is -2.05. The van der Waals surface area contributed by atoms with Crippen LogP contribution in [0.15, 0.2) is 85.1 Å². The molecule has 1 heterocycles. The highest BCUT2D eigenvalue weighted by atomic mass is 79.9. The maximum atomic E-state index is 2.36. The van der Waals surface area contributed by atoms with Crippen molar-refractivity contribution in [3.05, 3.63) is 90.6 Å². The topological polar surface area (TPSA) is 3.88 Å². The maximum absolute atomic E-state index is 2.36. The summed E-state index contributed by atoms with van der Waals surface area (Å²) >= 11 is 0. The molecule has 0 saturated carbocycles. The minimum absolute atomic E-state index is 0. The molecule has 0 saturated heterocycles. The lowest BCUT2D eigenvalue weighted by molar-refractivity contribution is -0.670. The number of nitrogens with zero attached hydrogens (tertiary/aromatic N) is 1. The molecule has 0 fully saturated rings. The van der Waals surface area contributed by atoms with Crippen molar-refractivity contribution in [2.75, 3.05) is 0 Å². The van der Waals surface area contributed by atoms with Crippen LogP contribution in [0.3, 0.4) is 0 Å². The SMILES string of the molecule is [Br-].c1ccc(CC[n+]2cccc3c4ccccc4ccc32)cc1. The summed E-state index contributed by atoms with van der Waals surface area (Å²) in [7, 11) is 0. The summed E-state index contributed by atoms with van der Waals surface area (Å²) < 4.78 is 2.36. The summed E-state index contributed by atoms with van der Waals surface area (Å²) in [5, 5.41) is 3.96. The molecule has 0 atom stereocenters. The average molecular weight is 364 g/mol. The van der Waals surface area contributed by atoms with Crippen molar-refractivity contribution in [2.24, 2.45) is 0 Å². The monoisotopic (exact) mass is 363 g/mol. The largest absolute Gasteiger partial charge is 1.00 e. The van der Waals surface area contributed by atoms with Gasteiger partial charge in [0.1, 0.15) is 0 Å². The fraction of sp³-hybridized carbons (Fsp3) is 0.0952. The van der Waals surface area contributed by atoms with Crippen molar-refractivity contribution in [3.63, 3.8) is 0 Å². The second-order valence-corrected chi connectivity index (χ2v) is 5.66. The highest BCUT2D eigenvalue weighted by Crippen LogP contribution is 2.22. The summed E-state index contributed by atoms with van der Waals surface area (Å²) in [5.41, 5.74) is 2.69. The number of aryl methyl sites for hydroxylation is 2. The van der Waals surface area contributed by atoms with E-state index < -0.39 is 0 Å². The molecule has 4 rings (SSSR count). The fourth-order valence-electron chi connectivity index (χ4n) is 3.12. The van der Waals surface area contributed by atoms with E-state index in [1.807, 2.05) is 0 Å². The third-order valence-electron chi connectivity index (χ3n) is 4.27. The first-order chi connectivity index (χ1) is 10.9. The van der Waals surface area contributed by atoms with E-state index in [9.17, 15) is 0 Å². The molecule has 1 nitrogen and oxygen atoms in total. The van der Waals surface area contributed by atoms with E-state index in [0.29, 0.717) is 0 Å². The van der Waals surface area contributed by atoms with Crippen molar-refractivity contribution >= 4 is 21.7 Å². The molecule has 0 aliphatic heterocycles. The minimum atomic E-state index is 0. The number of fused-ring (bicyclic) bond motifs is 3. The molecule has 2 heteroatoms. The lowest BCUT2D eigenvalue weighted by atomic mass is 10.0. The number of benzene rings is 3. The van der Waals surface area contributed by atoms with Gasteiger partial charge in [-0.2, -0.15) is 4.57 Å². The van der Waals surface area contributed by atoms with Crippen LogP contribution in [0.5, 0.6) is 0 Å². The van der Waals surface area contributed by atoms with Crippen LogP contribution < -0.4 is 21.5 Å². The molecule has 0 amide bonds. The first kappa shape index (κ1) is 15.7. The predicted octanol–water partition coefficient (Wildman–Crippen LogP) is 1.53. The first-order valence-corrected chi connectivity index (χ1v) is 7.76. The van der Waals surface area contributed by atoms with Crippen LogP contribution in [-0.2, 0) is 13.0 Å². The maximum Gasteiger partial charge on any atom is 0.213 e. The van der Waals surface area contributed by atoms with Crippen LogP contribution in [-0.4, -0.2) is 0 Å². The van der Waals surface area contributed by atoms with Crippen molar-refractivity contribution < 1.29 is 21.5 Å². The average Bonchev–Trinajstić information content (AvgIpc) is 2.60. The molecule has 0 radical (unpaired) electrons. The summed E-state index contributed by atoms with van der Waals surface area (Å²) in [5.74, 6) is 0. The van der Waals surface area contributed by atoms with Crippen LogP contribution in [0.4, 0.5) is 0 Å². The summed E-state index contributed by atoms with van der Waals surface area (Å²) in [6.45, 7) is 1.000. The normalized spacial score (nSPS) is 10.6. The van der Waals surface area contributed by atoms with Gasteiger partial charge in [0.15, 0.2) is 12.7 Å². The van der Waals surface area contributed by atoms with Gasteiger partial charge >= 0.3 is 0 Å². The van der Waals surface area contributed by atoms with E-state index in [1.165, 1.54) is 27.2 Å². The molecule has 1 aromatic heterocycles. The van der Waals surface area contributed by atoms with Crippen LogP contribution in [0.25, 0.3) is 21.7 Å². The Morgan fingerprint density at radius 1 is 0.652 bits per heavy atom. The highest BCUT2D eigenvalue weighted by Gasteiger charge is 2.10. The van der Waals surface area contributed by atoms with E-state index in [4.69, 9.17) is 0 Å². The van der Waals surface area contributed by atoms with E-state index >= 15 is 0 Å². The summed E-state index contributed by atoms with van der Waals surface area (Å²) in [6.07, 6.45) is 3.23. The Kier molecular flexibility index (Phi) is 4.73. The van der Waals surface area contributed by atoms with Gasteiger partial charge in [0.05, 0.1) is 5.39 Å². The zero-order chi connectivity index (χ0) is 14.8. The number of rotatable bonds is 3. The summed E-state index contributed by atoms with van der Waals surface area (Å²) in [4.78, 5) is 0. The van der Waals surface area contributed by atoms with Gasteiger partial charge in [-0.1, -0.05) is 54.6 Å². The molecule has 114 valence electrons. The molecule has 4 aromatic rings. The molecule has 0 bridgehead atoms. The summed E-state index contributed by atoms with van der Waals surface area (Å²) in [6, 6.07) is 28.1. The smallest absolute Gasteiger partial charge is 0.213 e. The van der Waals surface area contributed by atoms with Crippen molar-refractivity contribution in [3.8, 4) is 0 Å². The molecular weight excluding hydrogens is 346 g/mol. The Hall–Kier alpha value is -2.19. The van der Waals surface area contributed by atoms with E-state index in [0.717, 1.165) is 13.0 Å². The van der Waals surface area contributed by atoms with E-state index in [-0.39, 0.29) is 17.0 Å². The van der Waals surface area contributed by atoms with Gasteiger partial charge in [0.25, 0.3) is 0 Å². The van der Waals surface area contributed by atoms with E-state index in [1.54, 1.807) is 0 Å². The lowest BCUT2D eigenvalue weighted by Crippen LogP contribution is -3.00. The van der Waals surface area contributed by atoms with Crippen LogP contribution in [0.1, 0.15) is 5.56 Å². The molecule has 3 aromatic carbocycles. The molecular formula is C21H18BrN. The number of halogens is 1. The Bertz CT molecular complexity index is 932. The third kappa shape index (κ3) is 3.13. The molecule has 0 spiro atoms. The molecule has 0 N–H and O–H groups in total. The zero-order valence-electron chi connectivity index (χ0n) is 12.8. The Morgan fingerprint density at radius 3 is 2.26 bits per heavy atom. The second kappa shape index (κ2) is 6.93. The van der Waals surface area contributed by atoms with Gasteiger partial charge in [-0.05, 0) is 28.5 Å². The number of aromatic nitrogens is 1.